The third-order valence-corrected chi connectivity index (χ3v) is 0. The summed E-state index contributed by atoms with van der Waals surface area (Å²) in [6.45, 7) is 6.45. The molecule has 0 nitrogen and oxygen atoms in total. The summed E-state index contributed by atoms with van der Waals surface area (Å²) >= 11 is -0.667. The zero-order chi connectivity index (χ0) is 11.7. The van der Waals surface area contributed by atoms with Gasteiger partial charge in [-0.25, -0.2) is 0 Å². The summed E-state index contributed by atoms with van der Waals surface area (Å²) in [6.07, 6.45) is 0. The predicted molar refractivity (Wildman–Crippen MR) is 76.2 cm³/mol. The van der Waals surface area contributed by atoms with Crippen molar-refractivity contribution in [3.05, 3.63) is 0 Å². The Morgan fingerprint density at radius 1 is 0.692 bits per heavy atom. The second kappa shape index (κ2) is 11.6. The van der Waals surface area contributed by atoms with Crippen molar-refractivity contribution in [1.29, 1.82) is 0 Å². The fraction of sp³-hybridized carbons (Fsp3) is 1.00. The van der Waals surface area contributed by atoms with Crippen LogP contribution < -0.4 is 0 Å². The van der Waals surface area contributed by atoms with E-state index in [1.54, 1.807) is 0 Å². The van der Waals surface area contributed by atoms with Gasteiger partial charge in [-0.3, -0.25) is 0 Å². The second-order valence-electron chi connectivity index (χ2n) is 5.37. The summed E-state index contributed by atoms with van der Waals surface area (Å²) in [5, 5.41) is 0.417. The molecule has 0 bridgehead atoms. The molecule has 82 valence electrons. The Kier molecular flexibility index (Phi) is 17.8. The Hall–Kier alpha value is 1.52. The molecular formula is C10H29Ge2P. The first-order chi connectivity index (χ1) is 5.46. The van der Waals surface area contributed by atoms with Crippen LogP contribution in [0.15, 0.2) is 0 Å². The number of rotatable bonds is 0. The molecule has 0 aromatic heterocycles. The van der Waals surface area contributed by atoms with E-state index in [-0.39, 0.29) is 28.7 Å². The van der Waals surface area contributed by atoms with E-state index in [9.17, 15) is 0 Å². The fourth-order valence-electron chi connectivity index (χ4n) is 0. The SMILES string of the molecule is CC(C)(C)P.[CH3][Ge]([CH3])[CH3].[CH3][Ge]([CH3])[CH3]. The summed E-state index contributed by atoms with van der Waals surface area (Å²) in [6, 6.07) is 0. The van der Waals surface area contributed by atoms with Crippen molar-refractivity contribution in [2.24, 2.45) is 0 Å². The zero-order valence-electron chi connectivity index (χ0n) is 11.1. The van der Waals surface area contributed by atoms with Crippen molar-refractivity contribution in [2.75, 3.05) is 0 Å². The zero-order valence-corrected chi connectivity index (χ0v) is 16.4. The van der Waals surface area contributed by atoms with Crippen molar-refractivity contribution in [3.63, 3.8) is 0 Å². The molecule has 0 aliphatic rings. The molecule has 0 heterocycles. The van der Waals surface area contributed by atoms with E-state index in [1.165, 1.54) is 0 Å². The van der Waals surface area contributed by atoms with Crippen LogP contribution in [0, 0.1) is 0 Å². The van der Waals surface area contributed by atoms with E-state index >= 15 is 0 Å². The van der Waals surface area contributed by atoms with Gasteiger partial charge < -0.3 is 0 Å². The predicted octanol–water partition coefficient (Wildman–Crippen LogP) is 4.40. The first kappa shape index (κ1) is 20.0. The Morgan fingerprint density at radius 3 is 0.692 bits per heavy atom. The first-order valence-electron chi connectivity index (χ1n) is 4.79. The summed E-state index contributed by atoms with van der Waals surface area (Å²) in [5.74, 6) is 14.0. The van der Waals surface area contributed by atoms with Crippen molar-refractivity contribution >= 4 is 37.9 Å². The molecule has 0 aromatic rings. The minimum atomic E-state index is -0.333. The van der Waals surface area contributed by atoms with Gasteiger partial charge in [0.15, 0.2) is 0 Å². The van der Waals surface area contributed by atoms with Gasteiger partial charge in [0.25, 0.3) is 0 Å². The van der Waals surface area contributed by atoms with Gasteiger partial charge in [-0.2, -0.15) is 0 Å². The maximum absolute atomic E-state index is 2.72. The quantitative estimate of drug-likeness (QED) is 0.457. The number of hydrogen-bond donors (Lipinski definition) is 0. The third kappa shape index (κ3) is 780. The van der Waals surface area contributed by atoms with Gasteiger partial charge in [-0.15, -0.1) is 9.24 Å². The maximum atomic E-state index is 2.72. The van der Waals surface area contributed by atoms with E-state index in [4.69, 9.17) is 0 Å². The first-order valence-corrected chi connectivity index (χ1v) is 18.0. The fourth-order valence-corrected chi connectivity index (χ4v) is 0. The molecule has 2 radical (unpaired) electrons. The van der Waals surface area contributed by atoms with Gasteiger partial charge in [-0.05, 0) is 5.16 Å². The molecule has 0 aliphatic heterocycles. The average Bonchev–Trinajstić information content (AvgIpc) is 1.50. The van der Waals surface area contributed by atoms with Crippen LogP contribution in [-0.4, -0.2) is 33.9 Å². The Morgan fingerprint density at radius 2 is 0.692 bits per heavy atom. The van der Waals surface area contributed by atoms with Gasteiger partial charge >= 0.3 is 63.2 Å². The van der Waals surface area contributed by atoms with Crippen molar-refractivity contribution in [1.82, 2.24) is 0 Å². The van der Waals surface area contributed by atoms with E-state index < -0.39 is 0 Å². The van der Waals surface area contributed by atoms with Crippen LogP contribution in [0.1, 0.15) is 20.8 Å². The molecule has 0 aliphatic carbocycles. The number of hydrogen-bond acceptors (Lipinski definition) is 0. The van der Waals surface area contributed by atoms with Crippen molar-refractivity contribution < 1.29 is 0 Å². The van der Waals surface area contributed by atoms with Gasteiger partial charge in [0, 0.05) is 0 Å². The standard InChI is InChI=1S/C4H11P.2C3H9Ge/c1-4(2,3)5;2*1-4(2)3/h5H2,1-3H3;2*1-3H3. The van der Waals surface area contributed by atoms with Gasteiger partial charge in [0.2, 0.25) is 0 Å². The van der Waals surface area contributed by atoms with Crippen LogP contribution in [-0.2, 0) is 0 Å². The van der Waals surface area contributed by atoms with Crippen molar-refractivity contribution in [2.45, 2.75) is 60.5 Å². The summed E-state index contributed by atoms with van der Waals surface area (Å²) in [5.41, 5.74) is 0. The monoisotopic (exact) mass is 328 g/mol. The van der Waals surface area contributed by atoms with Crippen LogP contribution in [0.5, 0.6) is 0 Å². The van der Waals surface area contributed by atoms with E-state index in [1.807, 2.05) is 0 Å². The van der Waals surface area contributed by atoms with Gasteiger partial charge in [0.1, 0.15) is 0 Å². The summed E-state index contributed by atoms with van der Waals surface area (Å²) < 4.78 is 0. The van der Waals surface area contributed by atoms with Crippen LogP contribution in [0.2, 0.25) is 34.5 Å². The topological polar surface area (TPSA) is 0 Å². The van der Waals surface area contributed by atoms with Crippen LogP contribution in [0.3, 0.4) is 0 Å². The molecule has 0 saturated heterocycles. The molecule has 13 heavy (non-hydrogen) atoms. The average molecular weight is 326 g/mol. The molecule has 1 atom stereocenters. The van der Waals surface area contributed by atoms with Gasteiger partial charge in [-0.1, -0.05) is 20.8 Å². The van der Waals surface area contributed by atoms with E-state index in [0.29, 0.717) is 5.16 Å². The Bertz CT molecular complexity index is 67.9. The second-order valence-corrected chi connectivity index (χ2v) is 19.7. The van der Waals surface area contributed by atoms with Crippen molar-refractivity contribution in [3.8, 4) is 0 Å². The van der Waals surface area contributed by atoms with E-state index in [2.05, 4.69) is 64.5 Å². The van der Waals surface area contributed by atoms with Gasteiger partial charge in [0.05, 0.1) is 0 Å². The van der Waals surface area contributed by atoms with Crippen LogP contribution in [0.4, 0.5) is 0 Å². The molecule has 0 aromatic carbocycles. The molecule has 0 rings (SSSR count). The molecule has 0 fully saturated rings. The van der Waals surface area contributed by atoms with Crippen LogP contribution in [0.25, 0.3) is 0 Å². The van der Waals surface area contributed by atoms with Crippen LogP contribution >= 0.6 is 9.24 Å². The molecule has 0 saturated carbocycles. The Balaban J connectivity index is -0.000000117. The minimum absolute atomic E-state index is 0.333. The summed E-state index contributed by atoms with van der Waals surface area (Å²) in [7, 11) is 2.72. The van der Waals surface area contributed by atoms with E-state index in [0.717, 1.165) is 0 Å². The molecular weight excluding hydrogens is 296 g/mol. The normalized spacial score (nSPS) is 10.2. The Labute approximate surface area is 98.1 Å². The molecule has 0 N–H and O–H groups in total. The molecule has 0 amide bonds. The third-order valence-electron chi connectivity index (χ3n) is 0. The summed E-state index contributed by atoms with van der Waals surface area (Å²) in [4.78, 5) is 0. The molecule has 1 unspecified atom stereocenters. The molecule has 0 spiro atoms. The molecule has 3 heteroatoms.